The lowest BCUT2D eigenvalue weighted by molar-refractivity contribution is 0.0628. The summed E-state index contributed by atoms with van der Waals surface area (Å²) in [4.78, 5) is 3.93. The van der Waals surface area contributed by atoms with Crippen LogP contribution in [-0.4, -0.2) is 42.0 Å². The Morgan fingerprint density at radius 2 is 2.28 bits per heavy atom. The Bertz CT molecular complexity index is 532. The van der Waals surface area contributed by atoms with Gasteiger partial charge in [-0.3, -0.25) is 0 Å². The van der Waals surface area contributed by atoms with E-state index in [0.29, 0.717) is 19.5 Å². The highest BCUT2D eigenvalue weighted by atomic mass is 32.2. The van der Waals surface area contributed by atoms with E-state index >= 15 is 0 Å². The Hall–Kier alpha value is -1.18. The van der Waals surface area contributed by atoms with Crippen LogP contribution in [0, 0.1) is 5.92 Å². The van der Waals surface area contributed by atoms with E-state index in [9.17, 15) is 13.5 Å². The fraction of sp³-hybridized carbons (Fsp3) is 0.545. The zero-order valence-electron chi connectivity index (χ0n) is 10.2. The highest BCUT2D eigenvalue weighted by Gasteiger charge is 2.32. The maximum Gasteiger partial charge on any atom is 0.243 e. The van der Waals surface area contributed by atoms with Crippen LogP contribution in [0.25, 0.3) is 0 Å². The molecule has 18 heavy (non-hydrogen) atoms. The van der Waals surface area contributed by atoms with Gasteiger partial charge in [0, 0.05) is 25.4 Å². The first-order valence-electron chi connectivity index (χ1n) is 5.81. The van der Waals surface area contributed by atoms with E-state index in [2.05, 4.69) is 4.98 Å². The standard InChI is InChI=1S/C11H17N3O3S/c1-8-7-14(5-3-10(8)15)18(16,17)9-2-4-13-11(12)6-9/h2,4,6,8,10,15H,3,5,7H2,1H3,(H2,12,13). The molecule has 0 radical (unpaired) electrons. The first-order chi connectivity index (χ1) is 8.41. The van der Waals surface area contributed by atoms with Gasteiger partial charge < -0.3 is 10.8 Å². The molecular formula is C11H17N3O3S. The Morgan fingerprint density at radius 3 is 2.89 bits per heavy atom. The second-order valence-corrected chi connectivity index (χ2v) is 6.55. The molecule has 7 heteroatoms. The quantitative estimate of drug-likeness (QED) is 0.792. The van der Waals surface area contributed by atoms with E-state index in [4.69, 9.17) is 5.73 Å². The van der Waals surface area contributed by atoms with E-state index in [1.165, 1.54) is 22.6 Å². The van der Waals surface area contributed by atoms with Crippen LogP contribution in [0.2, 0.25) is 0 Å². The molecule has 3 N–H and O–H groups in total. The molecule has 2 rings (SSSR count). The predicted octanol–water partition coefficient (Wildman–Crippen LogP) is 0.0552. The lowest BCUT2D eigenvalue weighted by Gasteiger charge is -2.33. The smallest absolute Gasteiger partial charge is 0.243 e. The van der Waals surface area contributed by atoms with E-state index in [0.717, 1.165) is 0 Å². The molecule has 0 amide bonds. The molecule has 0 aliphatic carbocycles. The average Bonchev–Trinajstić information content (AvgIpc) is 2.32. The molecule has 1 saturated heterocycles. The van der Waals surface area contributed by atoms with Gasteiger partial charge in [-0.15, -0.1) is 0 Å². The second-order valence-electron chi connectivity index (χ2n) is 4.61. The van der Waals surface area contributed by atoms with Crippen molar-refractivity contribution in [2.45, 2.75) is 24.3 Å². The summed E-state index contributed by atoms with van der Waals surface area (Å²) in [6.07, 6.45) is 1.41. The summed E-state index contributed by atoms with van der Waals surface area (Å²) in [5.74, 6) is 0.119. The van der Waals surface area contributed by atoms with E-state index in [1.807, 2.05) is 6.92 Å². The minimum Gasteiger partial charge on any atom is -0.393 e. The molecule has 100 valence electrons. The molecule has 0 saturated carbocycles. The molecule has 6 nitrogen and oxygen atoms in total. The third-order valence-electron chi connectivity index (χ3n) is 3.21. The number of nitrogens with zero attached hydrogens (tertiary/aromatic N) is 2. The average molecular weight is 271 g/mol. The number of hydrogen-bond donors (Lipinski definition) is 2. The van der Waals surface area contributed by atoms with Gasteiger partial charge in [0.05, 0.1) is 11.0 Å². The topological polar surface area (TPSA) is 96.5 Å². The van der Waals surface area contributed by atoms with Gasteiger partial charge in [0.25, 0.3) is 0 Å². The molecule has 2 unspecified atom stereocenters. The van der Waals surface area contributed by atoms with Gasteiger partial charge in [0.15, 0.2) is 0 Å². The largest absolute Gasteiger partial charge is 0.393 e. The molecule has 0 aromatic carbocycles. The van der Waals surface area contributed by atoms with Gasteiger partial charge in [0.1, 0.15) is 5.82 Å². The SMILES string of the molecule is CC1CN(S(=O)(=O)c2ccnc(N)c2)CCC1O. The molecule has 0 spiro atoms. The Morgan fingerprint density at radius 1 is 1.56 bits per heavy atom. The van der Waals surface area contributed by atoms with Crippen LogP contribution in [0.1, 0.15) is 13.3 Å². The number of piperidine rings is 1. The number of nitrogen functional groups attached to an aromatic ring is 1. The minimum absolute atomic E-state index is 0.0623. The third-order valence-corrected chi connectivity index (χ3v) is 5.07. The Kier molecular flexibility index (Phi) is 3.56. The molecular weight excluding hydrogens is 254 g/mol. The van der Waals surface area contributed by atoms with Crippen LogP contribution in [0.5, 0.6) is 0 Å². The van der Waals surface area contributed by atoms with Crippen molar-refractivity contribution in [1.29, 1.82) is 0 Å². The maximum absolute atomic E-state index is 12.4. The summed E-state index contributed by atoms with van der Waals surface area (Å²) in [6, 6.07) is 2.78. The highest BCUT2D eigenvalue weighted by Crippen LogP contribution is 2.24. The molecule has 1 aliphatic rings. The summed E-state index contributed by atoms with van der Waals surface area (Å²) in [6.45, 7) is 2.50. The van der Waals surface area contributed by atoms with Crippen LogP contribution in [0.15, 0.2) is 23.2 Å². The van der Waals surface area contributed by atoms with Crippen molar-refractivity contribution in [2.24, 2.45) is 5.92 Å². The highest BCUT2D eigenvalue weighted by molar-refractivity contribution is 7.89. The number of hydrogen-bond acceptors (Lipinski definition) is 5. The van der Waals surface area contributed by atoms with Gasteiger partial charge in [-0.25, -0.2) is 13.4 Å². The number of rotatable bonds is 2. The number of sulfonamides is 1. The molecule has 1 fully saturated rings. The zero-order chi connectivity index (χ0) is 13.3. The zero-order valence-corrected chi connectivity index (χ0v) is 11.0. The number of pyridine rings is 1. The van der Waals surface area contributed by atoms with Crippen LogP contribution < -0.4 is 5.73 Å². The molecule has 2 atom stereocenters. The minimum atomic E-state index is -3.54. The number of nitrogens with two attached hydrogens (primary N) is 1. The molecule has 2 heterocycles. The van der Waals surface area contributed by atoms with Gasteiger partial charge in [-0.1, -0.05) is 6.92 Å². The summed E-state index contributed by atoms with van der Waals surface area (Å²) < 4.78 is 26.1. The fourth-order valence-electron chi connectivity index (χ4n) is 2.05. The van der Waals surface area contributed by atoms with Crippen molar-refractivity contribution in [1.82, 2.24) is 9.29 Å². The van der Waals surface area contributed by atoms with Gasteiger partial charge >= 0.3 is 0 Å². The lowest BCUT2D eigenvalue weighted by atomic mass is 9.99. The van der Waals surface area contributed by atoms with Crippen molar-refractivity contribution in [3.63, 3.8) is 0 Å². The second kappa shape index (κ2) is 4.83. The van der Waals surface area contributed by atoms with Crippen molar-refractivity contribution < 1.29 is 13.5 Å². The summed E-state index contributed by atoms with van der Waals surface area (Å²) in [7, 11) is -3.54. The molecule has 0 bridgehead atoms. The normalized spacial score (nSPS) is 26.1. The van der Waals surface area contributed by atoms with Crippen molar-refractivity contribution in [3.05, 3.63) is 18.3 Å². The predicted molar refractivity (Wildman–Crippen MR) is 67.2 cm³/mol. The Balaban J connectivity index is 2.27. The van der Waals surface area contributed by atoms with Crippen LogP contribution in [-0.2, 0) is 10.0 Å². The third kappa shape index (κ3) is 2.47. The van der Waals surface area contributed by atoms with Gasteiger partial charge in [0.2, 0.25) is 10.0 Å². The number of anilines is 1. The van der Waals surface area contributed by atoms with Crippen LogP contribution in [0.4, 0.5) is 5.82 Å². The van der Waals surface area contributed by atoms with E-state index < -0.39 is 16.1 Å². The molecule has 1 aliphatic heterocycles. The first-order valence-corrected chi connectivity index (χ1v) is 7.25. The van der Waals surface area contributed by atoms with Crippen molar-refractivity contribution in [3.8, 4) is 0 Å². The Labute approximate surface area is 106 Å². The van der Waals surface area contributed by atoms with Crippen molar-refractivity contribution >= 4 is 15.8 Å². The summed E-state index contributed by atoms with van der Waals surface area (Å²) in [5.41, 5.74) is 5.50. The maximum atomic E-state index is 12.4. The van der Waals surface area contributed by atoms with Gasteiger partial charge in [-0.2, -0.15) is 4.31 Å². The van der Waals surface area contributed by atoms with Crippen LogP contribution >= 0.6 is 0 Å². The summed E-state index contributed by atoms with van der Waals surface area (Å²) >= 11 is 0. The number of aromatic nitrogens is 1. The first kappa shape index (κ1) is 13.3. The monoisotopic (exact) mass is 271 g/mol. The van der Waals surface area contributed by atoms with E-state index in [1.54, 1.807) is 0 Å². The van der Waals surface area contributed by atoms with Crippen LogP contribution in [0.3, 0.4) is 0 Å². The fourth-order valence-corrected chi connectivity index (χ4v) is 3.63. The van der Waals surface area contributed by atoms with E-state index in [-0.39, 0.29) is 16.6 Å². The number of aliphatic hydroxyl groups excluding tert-OH is 1. The number of aliphatic hydroxyl groups is 1. The lowest BCUT2D eigenvalue weighted by Crippen LogP contribution is -2.44. The molecule has 1 aromatic rings. The summed E-state index contributed by atoms with van der Waals surface area (Å²) in [5, 5.41) is 9.62. The van der Waals surface area contributed by atoms with Gasteiger partial charge in [-0.05, 0) is 18.4 Å². The molecule has 1 aromatic heterocycles. The van der Waals surface area contributed by atoms with Crippen molar-refractivity contribution in [2.75, 3.05) is 18.8 Å².